The normalized spacial score (nSPS) is 12.0. The zero-order valence-corrected chi connectivity index (χ0v) is 14.5. The molecule has 0 aliphatic heterocycles. The molecule has 1 unspecified atom stereocenters. The van der Waals surface area contributed by atoms with E-state index in [4.69, 9.17) is 9.84 Å². The SMILES string of the molecule is CCCCCCCCC(CCCCc1ccccc1)OC(=O)O. The number of hydrogen-bond donors (Lipinski definition) is 1. The molecule has 0 amide bonds. The molecule has 3 heteroatoms. The molecule has 3 nitrogen and oxygen atoms in total. The molecule has 0 saturated heterocycles. The van der Waals surface area contributed by atoms with Gasteiger partial charge in [-0.05, 0) is 44.1 Å². The summed E-state index contributed by atoms with van der Waals surface area (Å²) in [6, 6.07) is 10.4. The van der Waals surface area contributed by atoms with E-state index in [0.717, 1.165) is 38.5 Å². The van der Waals surface area contributed by atoms with Gasteiger partial charge < -0.3 is 9.84 Å². The van der Waals surface area contributed by atoms with Crippen LogP contribution in [0.2, 0.25) is 0 Å². The second-order valence-electron chi connectivity index (χ2n) is 6.29. The number of unbranched alkanes of at least 4 members (excludes halogenated alkanes) is 6. The first-order valence-corrected chi connectivity index (χ1v) is 9.16. The highest BCUT2D eigenvalue weighted by atomic mass is 16.7. The maximum atomic E-state index is 10.8. The van der Waals surface area contributed by atoms with E-state index in [9.17, 15) is 4.79 Å². The van der Waals surface area contributed by atoms with Crippen LogP contribution in [-0.2, 0) is 11.2 Å². The summed E-state index contributed by atoms with van der Waals surface area (Å²) in [6.45, 7) is 2.21. The summed E-state index contributed by atoms with van der Waals surface area (Å²) in [5.41, 5.74) is 1.35. The Kier molecular flexibility index (Phi) is 11.0. The molecule has 1 atom stereocenters. The van der Waals surface area contributed by atoms with Gasteiger partial charge in [0.05, 0.1) is 0 Å². The first-order valence-electron chi connectivity index (χ1n) is 9.16. The highest BCUT2D eigenvalue weighted by Crippen LogP contribution is 2.16. The number of hydrogen-bond acceptors (Lipinski definition) is 2. The Labute approximate surface area is 141 Å². The van der Waals surface area contributed by atoms with Gasteiger partial charge in [-0.2, -0.15) is 0 Å². The number of carboxylic acid groups (broad SMARTS) is 1. The molecule has 0 bridgehead atoms. The van der Waals surface area contributed by atoms with Crippen LogP contribution in [0.4, 0.5) is 4.79 Å². The molecule has 0 radical (unpaired) electrons. The van der Waals surface area contributed by atoms with Gasteiger partial charge in [-0.15, -0.1) is 0 Å². The monoisotopic (exact) mass is 320 g/mol. The van der Waals surface area contributed by atoms with Crippen molar-refractivity contribution < 1.29 is 14.6 Å². The highest BCUT2D eigenvalue weighted by molar-refractivity contribution is 5.57. The minimum atomic E-state index is -1.14. The Morgan fingerprint density at radius 1 is 0.957 bits per heavy atom. The third-order valence-electron chi connectivity index (χ3n) is 4.23. The quantitative estimate of drug-likeness (QED) is 0.347. The first kappa shape index (κ1) is 19.5. The van der Waals surface area contributed by atoms with Crippen molar-refractivity contribution in [3.8, 4) is 0 Å². The van der Waals surface area contributed by atoms with Crippen molar-refractivity contribution in [2.45, 2.75) is 83.7 Å². The van der Waals surface area contributed by atoms with E-state index < -0.39 is 6.16 Å². The highest BCUT2D eigenvalue weighted by Gasteiger charge is 2.13. The van der Waals surface area contributed by atoms with Gasteiger partial charge in [-0.3, -0.25) is 0 Å². The van der Waals surface area contributed by atoms with Crippen molar-refractivity contribution in [1.82, 2.24) is 0 Å². The van der Waals surface area contributed by atoms with E-state index in [1.54, 1.807) is 0 Å². The lowest BCUT2D eigenvalue weighted by Gasteiger charge is -2.16. The van der Waals surface area contributed by atoms with E-state index in [2.05, 4.69) is 31.2 Å². The van der Waals surface area contributed by atoms with Gasteiger partial charge in [0, 0.05) is 0 Å². The molecular weight excluding hydrogens is 288 g/mol. The molecule has 0 fully saturated rings. The molecule has 1 aromatic rings. The summed E-state index contributed by atoms with van der Waals surface area (Å²) >= 11 is 0. The number of carbonyl (C=O) groups is 1. The maximum absolute atomic E-state index is 10.8. The molecule has 1 N–H and O–H groups in total. The number of rotatable bonds is 13. The molecule has 1 rings (SSSR count). The second-order valence-corrected chi connectivity index (χ2v) is 6.29. The zero-order valence-electron chi connectivity index (χ0n) is 14.5. The summed E-state index contributed by atoms with van der Waals surface area (Å²) < 4.78 is 5.05. The molecule has 0 saturated carbocycles. The Morgan fingerprint density at radius 2 is 1.57 bits per heavy atom. The van der Waals surface area contributed by atoms with Crippen LogP contribution in [0, 0.1) is 0 Å². The zero-order chi connectivity index (χ0) is 16.8. The third kappa shape index (κ3) is 10.8. The molecule has 0 aliphatic carbocycles. The molecule has 0 spiro atoms. The number of ether oxygens (including phenoxy) is 1. The number of benzene rings is 1. The van der Waals surface area contributed by atoms with Gasteiger partial charge in [0.25, 0.3) is 0 Å². The van der Waals surface area contributed by atoms with Gasteiger partial charge in [-0.25, -0.2) is 4.79 Å². The van der Waals surface area contributed by atoms with Gasteiger partial charge in [0.1, 0.15) is 6.10 Å². The van der Waals surface area contributed by atoms with Crippen LogP contribution < -0.4 is 0 Å². The van der Waals surface area contributed by atoms with Crippen LogP contribution in [0.5, 0.6) is 0 Å². The average Bonchev–Trinajstić information content (AvgIpc) is 2.55. The smallest absolute Gasteiger partial charge is 0.450 e. The molecule has 1 aromatic carbocycles. The van der Waals surface area contributed by atoms with Crippen molar-refractivity contribution in [2.75, 3.05) is 0 Å². The van der Waals surface area contributed by atoms with Crippen molar-refractivity contribution in [1.29, 1.82) is 0 Å². The summed E-state index contributed by atoms with van der Waals surface area (Å²) in [5, 5.41) is 8.87. The van der Waals surface area contributed by atoms with E-state index in [1.165, 1.54) is 37.7 Å². The summed E-state index contributed by atoms with van der Waals surface area (Å²) in [6.07, 6.45) is 10.9. The predicted molar refractivity (Wildman–Crippen MR) is 94.9 cm³/mol. The Bertz CT molecular complexity index is 403. The van der Waals surface area contributed by atoms with Crippen molar-refractivity contribution in [2.24, 2.45) is 0 Å². The standard InChI is InChI=1S/C20H32O3/c1-2-3-4-5-6-10-16-19(23-20(21)22)17-12-11-15-18-13-8-7-9-14-18/h7-9,13-14,19H,2-6,10-12,15-17H2,1H3,(H,21,22). The van der Waals surface area contributed by atoms with E-state index in [0.29, 0.717) is 0 Å². The average molecular weight is 320 g/mol. The fourth-order valence-corrected chi connectivity index (χ4v) is 2.90. The van der Waals surface area contributed by atoms with Gasteiger partial charge >= 0.3 is 6.16 Å². The van der Waals surface area contributed by atoms with Crippen LogP contribution in [-0.4, -0.2) is 17.4 Å². The minimum absolute atomic E-state index is 0.130. The molecule has 0 heterocycles. The van der Waals surface area contributed by atoms with Gasteiger partial charge in [-0.1, -0.05) is 69.4 Å². The van der Waals surface area contributed by atoms with E-state index in [1.807, 2.05) is 6.07 Å². The first-order chi connectivity index (χ1) is 11.2. The topological polar surface area (TPSA) is 46.5 Å². The molecule has 23 heavy (non-hydrogen) atoms. The van der Waals surface area contributed by atoms with Crippen molar-refractivity contribution in [3.05, 3.63) is 35.9 Å². The Morgan fingerprint density at radius 3 is 2.22 bits per heavy atom. The molecular formula is C20H32O3. The van der Waals surface area contributed by atoms with Crippen molar-refractivity contribution >= 4 is 6.16 Å². The lowest BCUT2D eigenvalue weighted by molar-refractivity contribution is 0.0423. The van der Waals surface area contributed by atoms with Gasteiger partial charge in [0.15, 0.2) is 0 Å². The Balaban J connectivity index is 2.16. The van der Waals surface area contributed by atoms with E-state index in [-0.39, 0.29) is 6.10 Å². The van der Waals surface area contributed by atoms with Crippen LogP contribution in [0.3, 0.4) is 0 Å². The molecule has 130 valence electrons. The second kappa shape index (κ2) is 13.0. The minimum Gasteiger partial charge on any atom is -0.450 e. The van der Waals surface area contributed by atoms with Crippen molar-refractivity contribution in [3.63, 3.8) is 0 Å². The van der Waals surface area contributed by atoms with Crippen LogP contribution >= 0.6 is 0 Å². The van der Waals surface area contributed by atoms with E-state index >= 15 is 0 Å². The molecule has 0 aliphatic rings. The van der Waals surface area contributed by atoms with Crippen LogP contribution in [0.25, 0.3) is 0 Å². The Hall–Kier alpha value is -1.51. The van der Waals surface area contributed by atoms with Crippen LogP contribution in [0.15, 0.2) is 30.3 Å². The summed E-state index contributed by atoms with van der Waals surface area (Å²) in [4.78, 5) is 10.8. The van der Waals surface area contributed by atoms with Gasteiger partial charge in [0.2, 0.25) is 0 Å². The predicted octanol–water partition coefficient (Wildman–Crippen LogP) is 6.21. The lowest BCUT2D eigenvalue weighted by Crippen LogP contribution is -2.17. The fourth-order valence-electron chi connectivity index (χ4n) is 2.90. The largest absolute Gasteiger partial charge is 0.506 e. The summed E-state index contributed by atoms with van der Waals surface area (Å²) in [5.74, 6) is 0. The van der Waals surface area contributed by atoms with Crippen LogP contribution in [0.1, 0.15) is 76.7 Å². The summed E-state index contributed by atoms with van der Waals surface area (Å²) in [7, 11) is 0. The molecule has 0 aromatic heterocycles. The third-order valence-corrected chi connectivity index (χ3v) is 4.23. The fraction of sp³-hybridized carbons (Fsp3) is 0.650. The lowest BCUT2D eigenvalue weighted by atomic mass is 10.0. The number of aryl methyl sites for hydroxylation is 1. The maximum Gasteiger partial charge on any atom is 0.506 e.